The fourth-order valence-electron chi connectivity index (χ4n) is 3.62. The van der Waals surface area contributed by atoms with Gasteiger partial charge < -0.3 is 20.4 Å². The summed E-state index contributed by atoms with van der Waals surface area (Å²) in [6, 6.07) is 3.86. The van der Waals surface area contributed by atoms with Crippen LogP contribution in [-0.2, 0) is 11.3 Å². The number of hydrogen-bond donors (Lipinski definition) is 2. The van der Waals surface area contributed by atoms with Crippen LogP contribution in [0.25, 0.3) is 22.0 Å². The van der Waals surface area contributed by atoms with E-state index in [1.807, 2.05) is 39.1 Å². The fraction of sp³-hybridized carbons (Fsp3) is 0.455. The molecule has 0 bridgehead atoms. The Balaban J connectivity index is 1.74. The Labute approximate surface area is 181 Å². The van der Waals surface area contributed by atoms with Gasteiger partial charge in [0.1, 0.15) is 5.82 Å². The topological polar surface area (TPSA) is 111 Å². The van der Waals surface area contributed by atoms with Gasteiger partial charge in [-0.15, -0.1) is 0 Å². The third kappa shape index (κ3) is 5.00. The second-order valence-electron chi connectivity index (χ2n) is 8.79. The predicted octanol–water partition coefficient (Wildman–Crippen LogP) is 1.98. The number of rotatable bonds is 5. The van der Waals surface area contributed by atoms with Crippen LogP contribution >= 0.6 is 0 Å². The van der Waals surface area contributed by atoms with Crippen molar-refractivity contribution in [3.8, 4) is 11.3 Å². The SMILES string of the molecule is CC(C)(C)Nc1nc(-c2cnc(N)nc2)cc2ccn(CCN3CCOCC3)c(=O)c12. The van der Waals surface area contributed by atoms with Gasteiger partial charge in [0.2, 0.25) is 5.95 Å². The van der Waals surface area contributed by atoms with Gasteiger partial charge in [0.05, 0.1) is 24.3 Å². The lowest BCUT2D eigenvalue weighted by atomic mass is 10.1. The van der Waals surface area contributed by atoms with Crippen molar-refractivity contribution in [3.05, 3.63) is 41.1 Å². The standard InChI is InChI=1S/C22H29N7O2/c1-22(2,3)27-19-18-15(12-17(26-19)16-13-24-21(23)25-14-16)4-5-29(20(18)30)7-6-28-8-10-31-11-9-28/h4-5,12-14H,6-11H2,1-3H3,(H,26,27)(H2,23,24,25). The van der Waals surface area contributed by atoms with Crippen LogP contribution in [0, 0.1) is 0 Å². The maximum absolute atomic E-state index is 13.4. The van der Waals surface area contributed by atoms with Crippen LogP contribution in [0.2, 0.25) is 0 Å². The van der Waals surface area contributed by atoms with Gasteiger partial charge in [0, 0.05) is 55.9 Å². The van der Waals surface area contributed by atoms with Crippen LogP contribution in [-0.4, -0.2) is 62.8 Å². The molecule has 9 heteroatoms. The van der Waals surface area contributed by atoms with Gasteiger partial charge in [0.25, 0.3) is 5.56 Å². The van der Waals surface area contributed by atoms with Crippen LogP contribution in [0.5, 0.6) is 0 Å². The van der Waals surface area contributed by atoms with Gasteiger partial charge in [-0.2, -0.15) is 0 Å². The first kappa shape index (κ1) is 21.2. The predicted molar refractivity (Wildman–Crippen MR) is 122 cm³/mol. The molecule has 0 amide bonds. The minimum Gasteiger partial charge on any atom is -0.379 e. The summed E-state index contributed by atoms with van der Waals surface area (Å²) >= 11 is 0. The molecule has 4 heterocycles. The lowest BCUT2D eigenvalue weighted by Gasteiger charge is -2.27. The highest BCUT2D eigenvalue weighted by Gasteiger charge is 2.18. The Morgan fingerprint density at radius 1 is 1.16 bits per heavy atom. The van der Waals surface area contributed by atoms with Gasteiger partial charge >= 0.3 is 0 Å². The summed E-state index contributed by atoms with van der Waals surface area (Å²) < 4.78 is 7.17. The molecule has 4 rings (SSSR count). The first-order valence-corrected chi connectivity index (χ1v) is 10.5. The van der Waals surface area contributed by atoms with Crippen molar-refractivity contribution in [1.29, 1.82) is 0 Å². The Morgan fingerprint density at radius 3 is 2.55 bits per heavy atom. The number of nitrogens with one attached hydrogen (secondary N) is 1. The maximum atomic E-state index is 13.4. The molecule has 1 saturated heterocycles. The number of fused-ring (bicyclic) bond motifs is 1. The number of nitrogens with zero attached hydrogens (tertiary/aromatic N) is 5. The highest BCUT2D eigenvalue weighted by molar-refractivity contribution is 5.94. The number of nitrogens with two attached hydrogens (primary N) is 1. The molecule has 9 nitrogen and oxygen atoms in total. The number of hydrogen-bond acceptors (Lipinski definition) is 8. The summed E-state index contributed by atoms with van der Waals surface area (Å²) in [5.41, 5.74) is 6.73. The zero-order chi connectivity index (χ0) is 22.0. The van der Waals surface area contributed by atoms with Crippen molar-refractivity contribution in [3.63, 3.8) is 0 Å². The summed E-state index contributed by atoms with van der Waals surface area (Å²) in [7, 11) is 0. The quantitative estimate of drug-likeness (QED) is 0.641. The zero-order valence-corrected chi connectivity index (χ0v) is 18.3. The third-order valence-corrected chi connectivity index (χ3v) is 5.18. The van der Waals surface area contributed by atoms with Gasteiger partial charge in [-0.05, 0) is 38.3 Å². The molecule has 3 aromatic heterocycles. The molecule has 164 valence electrons. The largest absolute Gasteiger partial charge is 0.379 e. The molecule has 0 aliphatic carbocycles. The molecule has 0 atom stereocenters. The van der Waals surface area contributed by atoms with Crippen LogP contribution < -0.4 is 16.6 Å². The Hall–Kier alpha value is -3.04. The summed E-state index contributed by atoms with van der Waals surface area (Å²) in [6.45, 7) is 10.8. The van der Waals surface area contributed by atoms with Crippen molar-refractivity contribution in [2.75, 3.05) is 43.9 Å². The number of ether oxygens (including phenoxy) is 1. The summed E-state index contributed by atoms with van der Waals surface area (Å²) in [6.07, 6.45) is 5.14. The average molecular weight is 424 g/mol. The smallest absolute Gasteiger partial charge is 0.262 e. The van der Waals surface area contributed by atoms with Crippen molar-refractivity contribution in [2.24, 2.45) is 0 Å². The fourth-order valence-corrected chi connectivity index (χ4v) is 3.62. The van der Waals surface area contributed by atoms with E-state index in [0.29, 0.717) is 23.4 Å². The summed E-state index contributed by atoms with van der Waals surface area (Å²) in [5, 5.41) is 4.81. The Kier molecular flexibility index (Phi) is 5.88. The number of anilines is 2. The monoisotopic (exact) mass is 423 g/mol. The van der Waals surface area contributed by atoms with Crippen molar-refractivity contribution >= 4 is 22.5 Å². The first-order chi connectivity index (χ1) is 14.8. The Morgan fingerprint density at radius 2 is 1.87 bits per heavy atom. The lowest BCUT2D eigenvalue weighted by Crippen LogP contribution is -2.39. The van der Waals surface area contributed by atoms with Crippen LogP contribution in [0.4, 0.5) is 11.8 Å². The molecule has 3 aromatic rings. The van der Waals surface area contributed by atoms with Crippen LogP contribution in [0.3, 0.4) is 0 Å². The van der Waals surface area contributed by atoms with E-state index in [0.717, 1.165) is 43.8 Å². The average Bonchev–Trinajstić information content (AvgIpc) is 2.73. The molecule has 0 unspecified atom stereocenters. The number of morpholine rings is 1. The molecule has 0 saturated carbocycles. The van der Waals surface area contributed by atoms with Crippen molar-refractivity contribution in [1.82, 2.24) is 24.4 Å². The molecule has 3 N–H and O–H groups in total. The molecule has 0 radical (unpaired) electrons. The maximum Gasteiger partial charge on any atom is 0.262 e. The minimum atomic E-state index is -0.267. The first-order valence-electron chi connectivity index (χ1n) is 10.5. The lowest BCUT2D eigenvalue weighted by molar-refractivity contribution is 0.0363. The molecule has 31 heavy (non-hydrogen) atoms. The molecule has 1 fully saturated rings. The van der Waals surface area contributed by atoms with E-state index in [4.69, 9.17) is 15.5 Å². The summed E-state index contributed by atoms with van der Waals surface area (Å²) in [4.78, 5) is 28.6. The Bertz CT molecular complexity index is 1110. The van der Waals surface area contributed by atoms with E-state index < -0.39 is 0 Å². The van der Waals surface area contributed by atoms with Crippen molar-refractivity contribution in [2.45, 2.75) is 32.9 Å². The van der Waals surface area contributed by atoms with E-state index in [2.05, 4.69) is 20.2 Å². The van der Waals surface area contributed by atoms with Gasteiger partial charge in [-0.1, -0.05) is 0 Å². The number of pyridine rings is 2. The normalized spacial score (nSPS) is 15.3. The minimum absolute atomic E-state index is 0.0508. The molecular formula is C22H29N7O2. The number of nitrogen functional groups attached to an aromatic ring is 1. The second kappa shape index (κ2) is 8.60. The molecule has 1 aliphatic heterocycles. The summed E-state index contributed by atoms with van der Waals surface area (Å²) in [5.74, 6) is 0.767. The van der Waals surface area contributed by atoms with E-state index >= 15 is 0 Å². The van der Waals surface area contributed by atoms with E-state index in [9.17, 15) is 4.79 Å². The molecule has 0 spiro atoms. The van der Waals surface area contributed by atoms with Gasteiger partial charge in [0.15, 0.2) is 0 Å². The molecule has 0 aromatic carbocycles. The zero-order valence-electron chi connectivity index (χ0n) is 18.3. The highest BCUT2D eigenvalue weighted by atomic mass is 16.5. The van der Waals surface area contributed by atoms with Crippen LogP contribution in [0.1, 0.15) is 20.8 Å². The van der Waals surface area contributed by atoms with Gasteiger partial charge in [-0.3, -0.25) is 9.69 Å². The van der Waals surface area contributed by atoms with E-state index in [1.165, 1.54) is 0 Å². The number of aromatic nitrogens is 4. The molecule has 1 aliphatic rings. The van der Waals surface area contributed by atoms with Gasteiger partial charge in [-0.25, -0.2) is 15.0 Å². The van der Waals surface area contributed by atoms with E-state index in [-0.39, 0.29) is 17.0 Å². The van der Waals surface area contributed by atoms with Crippen molar-refractivity contribution < 1.29 is 4.74 Å². The van der Waals surface area contributed by atoms with Crippen LogP contribution in [0.15, 0.2) is 35.5 Å². The highest BCUT2D eigenvalue weighted by Crippen LogP contribution is 2.27. The van der Waals surface area contributed by atoms with E-state index in [1.54, 1.807) is 17.0 Å². The third-order valence-electron chi connectivity index (χ3n) is 5.18. The second-order valence-corrected chi connectivity index (χ2v) is 8.79. The molecular weight excluding hydrogens is 394 g/mol.